The van der Waals surface area contributed by atoms with Crippen LogP contribution in [0, 0.1) is 0 Å². The number of benzene rings is 2. The molecular weight excluding hydrogens is 324 g/mol. The van der Waals surface area contributed by atoms with E-state index >= 15 is 0 Å². The van der Waals surface area contributed by atoms with E-state index in [4.69, 9.17) is 0 Å². The van der Waals surface area contributed by atoms with Gasteiger partial charge in [-0.3, -0.25) is 9.59 Å². The molecular formula is C22H22N2O2. The first-order valence-electron chi connectivity index (χ1n) is 9.21. The highest BCUT2D eigenvalue weighted by Crippen LogP contribution is 2.28. The molecule has 1 heterocycles. The van der Waals surface area contributed by atoms with Gasteiger partial charge in [0.2, 0.25) is 5.91 Å². The van der Waals surface area contributed by atoms with Gasteiger partial charge in [0, 0.05) is 16.6 Å². The van der Waals surface area contributed by atoms with Crippen LogP contribution in [0.4, 0.5) is 5.69 Å². The first kappa shape index (κ1) is 16.6. The highest BCUT2D eigenvalue weighted by Gasteiger charge is 2.20. The number of carbonyl (C=O) groups is 1. The largest absolute Gasteiger partial charge is 0.325 e. The molecule has 4 rings (SSSR count). The van der Waals surface area contributed by atoms with Crippen molar-refractivity contribution in [3.63, 3.8) is 0 Å². The van der Waals surface area contributed by atoms with Crippen molar-refractivity contribution in [3.8, 4) is 0 Å². The Morgan fingerprint density at radius 2 is 1.88 bits per heavy atom. The number of rotatable bonds is 4. The van der Waals surface area contributed by atoms with Gasteiger partial charge in [0.05, 0.1) is 11.4 Å². The van der Waals surface area contributed by atoms with E-state index in [1.54, 1.807) is 0 Å². The van der Waals surface area contributed by atoms with Gasteiger partial charge in [0.25, 0.3) is 5.56 Å². The molecule has 1 aliphatic carbocycles. The molecule has 26 heavy (non-hydrogen) atoms. The van der Waals surface area contributed by atoms with E-state index in [-0.39, 0.29) is 17.4 Å². The summed E-state index contributed by atoms with van der Waals surface area (Å²) < 4.78 is 0. The Bertz CT molecular complexity index is 1020. The predicted molar refractivity (Wildman–Crippen MR) is 105 cm³/mol. The van der Waals surface area contributed by atoms with Crippen LogP contribution in [-0.2, 0) is 17.6 Å². The molecule has 4 nitrogen and oxygen atoms in total. The second-order valence-electron chi connectivity index (χ2n) is 6.89. The highest BCUT2D eigenvalue weighted by atomic mass is 16.2. The summed E-state index contributed by atoms with van der Waals surface area (Å²) in [5.74, 6) is -0.215. The number of amides is 1. The third-order valence-electron chi connectivity index (χ3n) is 5.28. The van der Waals surface area contributed by atoms with Gasteiger partial charge >= 0.3 is 0 Å². The van der Waals surface area contributed by atoms with Crippen LogP contribution >= 0.6 is 0 Å². The summed E-state index contributed by atoms with van der Waals surface area (Å²) in [4.78, 5) is 28.0. The molecule has 0 radical (unpaired) electrons. The van der Waals surface area contributed by atoms with Gasteiger partial charge < -0.3 is 10.3 Å². The number of aromatic nitrogens is 1. The number of nitrogens with one attached hydrogen (secondary N) is 2. The van der Waals surface area contributed by atoms with Crippen LogP contribution in [0.1, 0.15) is 42.4 Å². The average Bonchev–Trinajstić information content (AvgIpc) is 3.14. The SMILES string of the molecule is CCC(C(=O)Nc1ccc2c3c(c(=O)[nH]c2c1)CCC3)c1ccccc1. The van der Waals surface area contributed by atoms with E-state index in [9.17, 15) is 9.59 Å². The Hall–Kier alpha value is -2.88. The van der Waals surface area contributed by atoms with Crippen molar-refractivity contribution in [2.75, 3.05) is 5.32 Å². The fourth-order valence-corrected chi connectivity index (χ4v) is 3.97. The fourth-order valence-electron chi connectivity index (χ4n) is 3.97. The molecule has 1 aliphatic rings. The van der Waals surface area contributed by atoms with Crippen molar-refractivity contribution in [1.82, 2.24) is 4.98 Å². The van der Waals surface area contributed by atoms with Gasteiger partial charge in [-0.15, -0.1) is 0 Å². The molecule has 1 unspecified atom stereocenters. The molecule has 1 atom stereocenters. The number of hydrogen-bond donors (Lipinski definition) is 2. The van der Waals surface area contributed by atoms with Crippen molar-refractivity contribution in [2.24, 2.45) is 0 Å². The van der Waals surface area contributed by atoms with Crippen molar-refractivity contribution in [2.45, 2.75) is 38.5 Å². The lowest BCUT2D eigenvalue weighted by Gasteiger charge is -2.16. The number of anilines is 1. The van der Waals surface area contributed by atoms with Gasteiger partial charge in [0.15, 0.2) is 0 Å². The molecule has 0 saturated heterocycles. The average molecular weight is 346 g/mol. The number of pyridine rings is 1. The zero-order chi connectivity index (χ0) is 18.1. The van der Waals surface area contributed by atoms with E-state index in [1.165, 1.54) is 0 Å². The van der Waals surface area contributed by atoms with Gasteiger partial charge in [0.1, 0.15) is 0 Å². The summed E-state index contributed by atoms with van der Waals surface area (Å²) in [6, 6.07) is 15.6. The summed E-state index contributed by atoms with van der Waals surface area (Å²) in [5.41, 5.74) is 4.61. The first-order valence-corrected chi connectivity index (χ1v) is 9.21. The summed E-state index contributed by atoms with van der Waals surface area (Å²) >= 11 is 0. The van der Waals surface area contributed by atoms with E-state index < -0.39 is 0 Å². The molecule has 2 aromatic carbocycles. The third-order valence-corrected chi connectivity index (χ3v) is 5.28. The van der Waals surface area contributed by atoms with Crippen LogP contribution in [0.25, 0.3) is 10.9 Å². The minimum Gasteiger partial charge on any atom is -0.325 e. The minimum atomic E-state index is -0.189. The van der Waals surface area contributed by atoms with Gasteiger partial charge in [-0.25, -0.2) is 0 Å². The molecule has 0 fully saturated rings. The monoisotopic (exact) mass is 346 g/mol. The number of H-pyrrole nitrogens is 1. The van der Waals surface area contributed by atoms with Crippen LogP contribution < -0.4 is 10.9 Å². The molecule has 132 valence electrons. The minimum absolute atomic E-state index is 0.00389. The summed E-state index contributed by atoms with van der Waals surface area (Å²) in [7, 11) is 0. The smallest absolute Gasteiger partial charge is 0.251 e. The Labute approximate surface area is 152 Å². The van der Waals surface area contributed by atoms with E-state index in [0.717, 1.165) is 53.3 Å². The second-order valence-corrected chi connectivity index (χ2v) is 6.89. The zero-order valence-electron chi connectivity index (χ0n) is 14.8. The molecule has 4 heteroatoms. The number of carbonyl (C=O) groups excluding carboxylic acids is 1. The predicted octanol–water partition coefficient (Wildman–Crippen LogP) is 4.15. The lowest BCUT2D eigenvalue weighted by molar-refractivity contribution is -0.117. The van der Waals surface area contributed by atoms with Crippen molar-refractivity contribution in [3.05, 3.63) is 75.6 Å². The maximum atomic E-state index is 12.8. The van der Waals surface area contributed by atoms with Crippen molar-refractivity contribution < 1.29 is 4.79 Å². The van der Waals surface area contributed by atoms with Crippen molar-refractivity contribution >= 4 is 22.5 Å². The van der Waals surface area contributed by atoms with E-state index in [2.05, 4.69) is 10.3 Å². The lowest BCUT2D eigenvalue weighted by atomic mass is 9.95. The van der Waals surface area contributed by atoms with Crippen LogP contribution in [-0.4, -0.2) is 10.9 Å². The van der Waals surface area contributed by atoms with Crippen LogP contribution in [0.2, 0.25) is 0 Å². The zero-order valence-corrected chi connectivity index (χ0v) is 14.8. The van der Waals surface area contributed by atoms with Gasteiger partial charge in [-0.05, 0) is 48.9 Å². The normalized spacial score (nSPS) is 14.2. The van der Waals surface area contributed by atoms with E-state index in [1.807, 2.05) is 55.5 Å². The molecule has 2 N–H and O–H groups in total. The maximum absolute atomic E-state index is 12.8. The summed E-state index contributed by atoms with van der Waals surface area (Å²) in [6.07, 6.45) is 3.57. The Morgan fingerprint density at radius 1 is 1.12 bits per heavy atom. The number of fused-ring (bicyclic) bond motifs is 3. The second kappa shape index (κ2) is 6.79. The summed E-state index contributed by atoms with van der Waals surface area (Å²) in [6.45, 7) is 2.01. The molecule has 0 aliphatic heterocycles. The Morgan fingerprint density at radius 3 is 2.65 bits per heavy atom. The lowest BCUT2D eigenvalue weighted by Crippen LogP contribution is -2.20. The Kier molecular flexibility index (Phi) is 4.33. The van der Waals surface area contributed by atoms with Crippen LogP contribution in [0.5, 0.6) is 0 Å². The van der Waals surface area contributed by atoms with Gasteiger partial charge in [-0.2, -0.15) is 0 Å². The number of hydrogen-bond acceptors (Lipinski definition) is 2. The van der Waals surface area contributed by atoms with E-state index in [0.29, 0.717) is 5.69 Å². The first-order chi connectivity index (χ1) is 12.7. The molecule has 0 spiro atoms. The molecule has 3 aromatic rings. The molecule has 1 amide bonds. The third kappa shape index (κ3) is 2.92. The highest BCUT2D eigenvalue weighted by molar-refractivity contribution is 5.98. The standard InChI is InChI=1S/C22H22N2O2/c1-2-16(14-7-4-3-5-8-14)21(25)23-15-11-12-18-17-9-6-10-19(17)22(26)24-20(18)13-15/h3-5,7-8,11-13,16H,2,6,9-10H2,1H3,(H,23,25)(H,24,26). The van der Waals surface area contributed by atoms with Crippen molar-refractivity contribution in [1.29, 1.82) is 0 Å². The molecule has 1 aromatic heterocycles. The number of aromatic amines is 1. The quantitative estimate of drug-likeness (QED) is 0.745. The number of aryl methyl sites for hydroxylation is 1. The fraction of sp³-hybridized carbons (Fsp3) is 0.273. The van der Waals surface area contributed by atoms with Crippen LogP contribution in [0.3, 0.4) is 0 Å². The topological polar surface area (TPSA) is 62.0 Å². The Balaban J connectivity index is 1.64. The molecule has 0 bridgehead atoms. The maximum Gasteiger partial charge on any atom is 0.251 e. The van der Waals surface area contributed by atoms with Gasteiger partial charge in [-0.1, -0.05) is 43.3 Å². The molecule has 0 saturated carbocycles. The summed E-state index contributed by atoms with van der Waals surface area (Å²) in [5, 5.41) is 4.10. The van der Waals surface area contributed by atoms with Crippen LogP contribution in [0.15, 0.2) is 53.3 Å².